The lowest BCUT2D eigenvalue weighted by Gasteiger charge is -2.29. The van der Waals surface area contributed by atoms with Gasteiger partial charge in [-0.2, -0.15) is 0 Å². The fourth-order valence-corrected chi connectivity index (χ4v) is 5.16. The van der Waals surface area contributed by atoms with Gasteiger partial charge in [0.2, 0.25) is 5.91 Å². The molecule has 0 radical (unpaired) electrons. The maximum atomic E-state index is 14.0. The Morgan fingerprint density at radius 2 is 1.43 bits per heavy atom. The van der Waals surface area contributed by atoms with E-state index in [9.17, 15) is 9.59 Å². The second kappa shape index (κ2) is 8.25. The van der Waals surface area contributed by atoms with Gasteiger partial charge in [-0.25, -0.2) is 9.96 Å². The SMILES string of the molecule is CN(C)c1ccc(C2C3C(=O)N(c4cccc5ccccc45)C(=O)C3ON2c2ccccc2)cc1. The summed E-state index contributed by atoms with van der Waals surface area (Å²) in [6, 6.07) is 30.7. The standard InChI is InChI=1S/C29H25N3O3/c1-30(2)21-17-15-20(16-18-21)26-25-27(35-32(26)22-11-4-3-5-12-22)29(34)31(28(25)33)24-14-8-10-19-9-6-7-13-23(19)24/h3-18,25-27H,1-2H3. The molecule has 4 aromatic rings. The monoisotopic (exact) mass is 463 g/mol. The van der Waals surface area contributed by atoms with Crippen molar-refractivity contribution in [3.8, 4) is 0 Å². The van der Waals surface area contributed by atoms with Crippen LogP contribution in [0.15, 0.2) is 97.1 Å². The Morgan fingerprint density at radius 3 is 2.17 bits per heavy atom. The van der Waals surface area contributed by atoms with Crippen LogP contribution < -0.4 is 14.9 Å². The number of imide groups is 1. The molecule has 174 valence electrons. The maximum absolute atomic E-state index is 14.0. The normalized spacial score (nSPS) is 21.6. The second-order valence-corrected chi connectivity index (χ2v) is 9.15. The average molecular weight is 464 g/mol. The molecule has 0 spiro atoms. The minimum absolute atomic E-state index is 0.239. The van der Waals surface area contributed by atoms with Gasteiger partial charge in [-0.15, -0.1) is 0 Å². The largest absolute Gasteiger partial charge is 0.378 e. The predicted octanol–water partition coefficient (Wildman–Crippen LogP) is 4.96. The fraction of sp³-hybridized carbons (Fsp3) is 0.172. The summed E-state index contributed by atoms with van der Waals surface area (Å²) >= 11 is 0. The molecule has 2 fully saturated rings. The Hall–Kier alpha value is -4.16. The first kappa shape index (κ1) is 21.4. The molecule has 35 heavy (non-hydrogen) atoms. The van der Waals surface area contributed by atoms with E-state index < -0.39 is 18.1 Å². The van der Waals surface area contributed by atoms with Gasteiger partial charge in [0.1, 0.15) is 5.92 Å². The molecule has 2 aliphatic rings. The van der Waals surface area contributed by atoms with Crippen molar-refractivity contribution in [1.82, 2.24) is 0 Å². The van der Waals surface area contributed by atoms with Crippen molar-refractivity contribution in [3.63, 3.8) is 0 Å². The second-order valence-electron chi connectivity index (χ2n) is 9.15. The number of fused-ring (bicyclic) bond motifs is 2. The molecular formula is C29H25N3O3. The lowest BCUT2D eigenvalue weighted by Crippen LogP contribution is -2.37. The van der Waals surface area contributed by atoms with Crippen molar-refractivity contribution in [1.29, 1.82) is 0 Å². The van der Waals surface area contributed by atoms with E-state index in [0.717, 1.165) is 27.7 Å². The molecule has 2 amide bonds. The van der Waals surface area contributed by atoms with E-state index in [4.69, 9.17) is 4.84 Å². The van der Waals surface area contributed by atoms with Crippen LogP contribution in [0.4, 0.5) is 17.1 Å². The van der Waals surface area contributed by atoms with E-state index in [1.807, 2.05) is 116 Å². The van der Waals surface area contributed by atoms with Gasteiger partial charge in [0.15, 0.2) is 6.10 Å². The van der Waals surface area contributed by atoms with Gasteiger partial charge < -0.3 is 4.90 Å². The Bertz CT molecular complexity index is 1410. The molecule has 2 saturated heterocycles. The molecule has 6 rings (SSSR count). The van der Waals surface area contributed by atoms with Gasteiger partial charge >= 0.3 is 0 Å². The summed E-state index contributed by atoms with van der Waals surface area (Å²) in [5.41, 5.74) is 3.39. The van der Waals surface area contributed by atoms with Crippen LogP contribution in [0.1, 0.15) is 11.6 Å². The number of para-hydroxylation sites is 1. The van der Waals surface area contributed by atoms with Gasteiger partial charge in [-0.05, 0) is 41.3 Å². The van der Waals surface area contributed by atoms with E-state index in [1.165, 1.54) is 4.90 Å². The van der Waals surface area contributed by atoms with E-state index in [-0.39, 0.29) is 11.8 Å². The average Bonchev–Trinajstić information content (AvgIpc) is 3.40. The van der Waals surface area contributed by atoms with E-state index in [2.05, 4.69) is 0 Å². The zero-order chi connectivity index (χ0) is 24.1. The smallest absolute Gasteiger partial charge is 0.266 e. The Morgan fingerprint density at radius 1 is 0.743 bits per heavy atom. The summed E-state index contributed by atoms with van der Waals surface area (Å²) in [4.78, 5) is 37.3. The maximum Gasteiger partial charge on any atom is 0.266 e. The predicted molar refractivity (Wildman–Crippen MR) is 137 cm³/mol. The summed E-state index contributed by atoms with van der Waals surface area (Å²) in [6.07, 6.45) is -0.889. The minimum atomic E-state index is -0.889. The van der Waals surface area contributed by atoms with Crippen molar-refractivity contribution >= 4 is 39.6 Å². The van der Waals surface area contributed by atoms with Gasteiger partial charge in [-0.3, -0.25) is 14.4 Å². The van der Waals surface area contributed by atoms with E-state index in [1.54, 1.807) is 5.06 Å². The van der Waals surface area contributed by atoms with Crippen molar-refractivity contribution in [2.24, 2.45) is 5.92 Å². The zero-order valence-corrected chi connectivity index (χ0v) is 19.5. The van der Waals surface area contributed by atoms with Crippen molar-refractivity contribution < 1.29 is 14.4 Å². The van der Waals surface area contributed by atoms with Gasteiger partial charge in [0.25, 0.3) is 5.91 Å². The molecule has 0 saturated carbocycles. The molecule has 3 unspecified atom stereocenters. The number of anilines is 3. The Kier molecular flexibility index (Phi) is 5.04. The van der Waals surface area contributed by atoms with Crippen LogP contribution in [-0.4, -0.2) is 32.0 Å². The Labute approximate surface area is 203 Å². The Balaban J connectivity index is 1.45. The fourth-order valence-electron chi connectivity index (χ4n) is 5.16. The van der Waals surface area contributed by atoms with Crippen LogP contribution in [0.2, 0.25) is 0 Å². The summed E-state index contributed by atoms with van der Waals surface area (Å²) in [7, 11) is 3.97. The first-order chi connectivity index (χ1) is 17.0. The lowest BCUT2D eigenvalue weighted by molar-refractivity contribution is -0.126. The van der Waals surface area contributed by atoms with Crippen molar-refractivity contribution in [2.75, 3.05) is 29.0 Å². The van der Waals surface area contributed by atoms with Gasteiger partial charge in [-0.1, -0.05) is 66.7 Å². The van der Waals surface area contributed by atoms with Crippen molar-refractivity contribution in [2.45, 2.75) is 12.1 Å². The van der Waals surface area contributed by atoms with Crippen LogP contribution in [-0.2, 0) is 14.4 Å². The van der Waals surface area contributed by atoms with Crippen LogP contribution in [0, 0.1) is 5.92 Å². The molecule has 6 heteroatoms. The summed E-state index contributed by atoms with van der Waals surface area (Å²) in [5.74, 6) is -1.23. The first-order valence-electron chi connectivity index (χ1n) is 11.7. The highest BCUT2D eigenvalue weighted by atomic mass is 16.7. The quantitative estimate of drug-likeness (QED) is 0.401. The van der Waals surface area contributed by atoms with Crippen LogP contribution in [0.25, 0.3) is 10.8 Å². The zero-order valence-electron chi connectivity index (χ0n) is 19.5. The summed E-state index contributed by atoms with van der Waals surface area (Å²) in [6.45, 7) is 0. The molecule has 6 nitrogen and oxygen atoms in total. The van der Waals surface area contributed by atoms with Crippen LogP contribution in [0.5, 0.6) is 0 Å². The number of carbonyl (C=O) groups is 2. The van der Waals surface area contributed by atoms with Crippen LogP contribution in [0.3, 0.4) is 0 Å². The highest BCUT2D eigenvalue weighted by Crippen LogP contribution is 2.48. The highest BCUT2D eigenvalue weighted by Gasteiger charge is 2.60. The number of benzene rings is 4. The third-order valence-electron chi connectivity index (χ3n) is 6.88. The molecule has 2 heterocycles. The molecule has 0 aliphatic carbocycles. The van der Waals surface area contributed by atoms with Gasteiger partial charge in [0, 0.05) is 25.2 Å². The number of hydrogen-bond acceptors (Lipinski definition) is 5. The molecule has 0 bridgehead atoms. The summed E-state index contributed by atoms with van der Waals surface area (Å²) < 4.78 is 0. The highest BCUT2D eigenvalue weighted by molar-refractivity contribution is 6.26. The van der Waals surface area contributed by atoms with E-state index >= 15 is 0 Å². The molecule has 2 aliphatic heterocycles. The third-order valence-corrected chi connectivity index (χ3v) is 6.88. The van der Waals surface area contributed by atoms with Crippen molar-refractivity contribution in [3.05, 3.63) is 103 Å². The molecule has 0 aromatic heterocycles. The first-order valence-corrected chi connectivity index (χ1v) is 11.7. The number of nitrogens with zero attached hydrogens (tertiary/aromatic N) is 3. The minimum Gasteiger partial charge on any atom is -0.378 e. The molecular weight excluding hydrogens is 438 g/mol. The number of carbonyl (C=O) groups excluding carboxylic acids is 2. The number of hydroxylamine groups is 1. The number of rotatable bonds is 4. The number of hydrogen-bond donors (Lipinski definition) is 0. The molecule has 3 atom stereocenters. The van der Waals surface area contributed by atoms with E-state index in [0.29, 0.717) is 5.69 Å². The summed E-state index contributed by atoms with van der Waals surface area (Å²) in [5, 5.41) is 3.57. The molecule has 0 N–H and O–H groups in total. The number of amides is 2. The third kappa shape index (κ3) is 3.37. The van der Waals surface area contributed by atoms with Crippen LogP contribution >= 0.6 is 0 Å². The van der Waals surface area contributed by atoms with Gasteiger partial charge in [0.05, 0.1) is 17.4 Å². The topological polar surface area (TPSA) is 53.1 Å². The molecule has 4 aromatic carbocycles. The lowest BCUT2D eigenvalue weighted by atomic mass is 9.90.